The highest BCUT2D eigenvalue weighted by Crippen LogP contribution is 2.25. The van der Waals surface area contributed by atoms with Crippen molar-refractivity contribution >= 4 is 5.69 Å². The van der Waals surface area contributed by atoms with E-state index >= 15 is 0 Å². The van der Waals surface area contributed by atoms with Crippen molar-refractivity contribution in [3.63, 3.8) is 0 Å². The number of phenolic OH excluding ortho intramolecular Hbond substituents is 1. The van der Waals surface area contributed by atoms with Crippen molar-refractivity contribution in [1.29, 1.82) is 10.5 Å². The van der Waals surface area contributed by atoms with E-state index < -0.39 is 0 Å². The second kappa shape index (κ2) is 3.46. The van der Waals surface area contributed by atoms with Crippen LogP contribution >= 0.6 is 0 Å². The minimum Gasteiger partial charge on any atom is -0.506 e. The lowest BCUT2D eigenvalue weighted by Crippen LogP contribution is -1.92. The molecular weight excluding hydrogens is 166 g/mol. The lowest BCUT2D eigenvalue weighted by molar-refractivity contribution is 0.468. The third-order valence-electron chi connectivity index (χ3n) is 1.60. The standard InChI is InChI=1S/C9H7N3O/c10-2-1-6-3-8(12)4-7(5-11)9(6)13/h3-4,13H,1,12H2. The molecule has 4 nitrogen and oxygen atoms in total. The van der Waals surface area contributed by atoms with Crippen LogP contribution in [0.25, 0.3) is 0 Å². The summed E-state index contributed by atoms with van der Waals surface area (Å²) in [7, 11) is 0. The van der Waals surface area contributed by atoms with Crippen LogP contribution in [-0.2, 0) is 6.42 Å². The maximum Gasteiger partial charge on any atom is 0.137 e. The molecule has 0 unspecified atom stereocenters. The van der Waals surface area contributed by atoms with Gasteiger partial charge in [0.15, 0.2) is 0 Å². The van der Waals surface area contributed by atoms with Gasteiger partial charge in [-0.3, -0.25) is 0 Å². The average molecular weight is 173 g/mol. The molecule has 0 aliphatic heterocycles. The molecule has 3 N–H and O–H groups in total. The van der Waals surface area contributed by atoms with Gasteiger partial charge >= 0.3 is 0 Å². The highest BCUT2D eigenvalue weighted by molar-refractivity contribution is 5.57. The van der Waals surface area contributed by atoms with E-state index in [0.29, 0.717) is 11.3 Å². The maximum atomic E-state index is 9.42. The van der Waals surface area contributed by atoms with Crippen molar-refractivity contribution in [2.75, 3.05) is 5.73 Å². The van der Waals surface area contributed by atoms with Gasteiger partial charge in [0.1, 0.15) is 11.8 Å². The Morgan fingerprint density at radius 1 is 1.38 bits per heavy atom. The van der Waals surface area contributed by atoms with Gasteiger partial charge in [-0.25, -0.2) is 0 Å². The molecule has 0 aromatic heterocycles. The van der Waals surface area contributed by atoms with Gasteiger partial charge in [-0.15, -0.1) is 0 Å². The molecule has 64 valence electrons. The van der Waals surface area contributed by atoms with Gasteiger partial charge in [0, 0.05) is 11.3 Å². The SMILES string of the molecule is N#CCc1cc(N)cc(C#N)c1O. The summed E-state index contributed by atoms with van der Waals surface area (Å²) < 4.78 is 0. The number of nitrogen functional groups attached to an aromatic ring is 1. The first-order valence-electron chi connectivity index (χ1n) is 3.57. The van der Waals surface area contributed by atoms with Crippen molar-refractivity contribution in [3.8, 4) is 17.9 Å². The zero-order valence-electron chi connectivity index (χ0n) is 6.78. The Hall–Kier alpha value is -2.20. The van der Waals surface area contributed by atoms with Crippen molar-refractivity contribution in [2.45, 2.75) is 6.42 Å². The molecule has 0 saturated carbocycles. The maximum absolute atomic E-state index is 9.42. The Bertz CT molecular complexity index is 412. The van der Waals surface area contributed by atoms with Crippen LogP contribution in [0.15, 0.2) is 12.1 Å². The smallest absolute Gasteiger partial charge is 0.137 e. The predicted octanol–water partition coefficient (Wildman–Crippen LogP) is 0.912. The summed E-state index contributed by atoms with van der Waals surface area (Å²) >= 11 is 0. The lowest BCUT2D eigenvalue weighted by Gasteiger charge is -2.03. The summed E-state index contributed by atoms with van der Waals surface area (Å²) in [5, 5.41) is 26.4. The highest BCUT2D eigenvalue weighted by Gasteiger charge is 2.07. The van der Waals surface area contributed by atoms with Crippen LogP contribution < -0.4 is 5.73 Å². The number of nitriles is 2. The molecule has 0 fully saturated rings. The molecule has 0 spiro atoms. The minimum atomic E-state index is -0.154. The van der Waals surface area contributed by atoms with Gasteiger partial charge in [-0.05, 0) is 12.1 Å². The number of hydrogen-bond acceptors (Lipinski definition) is 4. The predicted molar refractivity (Wildman–Crippen MR) is 46.6 cm³/mol. The Morgan fingerprint density at radius 3 is 2.62 bits per heavy atom. The van der Waals surface area contributed by atoms with E-state index in [2.05, 4.69) is 0 Å². The van der Waals surface area contributed by atoms with Crippen molar-refractivity contribution in [3.05, 3.63) is 23.3 Å². The van der Waals surface area contributed by atoms with E-state index in [9.17, 15) is 5.11 Å². The summed E-state index contributed by atoms with van der Waals surface area (Å²) in [6.07, 6.45) is 0.0472. The third-order valence-corrected chi connectivity index (χ3v) is 1.60. The monoisotopic (exact) mass is 173 g/mol. The van der Waals surface area contributed by atoms with E-state index in [1.807, 2.05) is 6.07 Å². The van der Waals surface area contributed by atoms with Crippen LogP contribution in [0, 0.1) is 22.7 Å². The largest absolute Gasteiger partial charge is 0.506 e. The molecule has 0 heterocycles. The number of aromatic hydroxyl groups is 1. The van der Waals surface area contributed by atoms with E-state index in [4.69, 9.17) is 16.3 Å². The number of benzene rings is 1. The second-order valence-electron chi connectivity index (χ2n) is 2.52. The number of anilines is 1. The fourth-order valence-corrected chi connectivity index (χ4v) is 1.02. The third kappa shape index (κ3) is 1.69. The van der Waals surface area contributed by atoms with Gasteiger partial charge in [-0.1, -0.05) is 0 Å². The topological polar surface area (TPSA) is 93.8 Å². The Balaban J connectivity index is 3.31. The molecule has 1 rings (SSSR count). The van der Waals surface area contributed by atoms with Crippen LogP contribution in [0.5, 0.6) is 5.75 Å². The van der Waals surface area contributed by atoms with E-state index in [-0.39, 0.29) is 17.7 Å². The van der Waals surface area contributed by atoms with Gasteiger partial charge < -0.3 is 10.8 Å². The molecule has 1 aromatic carbocycles. The molecule has 4 heteroatoms. The molecule has 13 heavy (non-hydrogen) atoms. The van der Waals surface area contributed by atoms with Crippen LogP contribution in [-0.4, -0.2) is 5.11 Å². The molecule has 1 aromatic rings. The number of nitrogens with two attached hydrogens (primary N) is 1. The Kier molecular flexibility index (Phi) is 2.37. The average Bonchev–Trinajstić information content (AvgIpc) is 2.11. The zero-order valence-corrected chi connectivity index (χ0v) is 6.78. The van der Waals surface area contributed by atoms with Crippen LogP contribution in [0.1, 0.15) is 11.1 Å². The summed E-state index contributed by atoms with van der Waals surface area (Å²) in [6.45, 7) is 0. The summed E-state index contributed by atoms with van der Waals surface area (Å²) in [6, 6.07) is 6.53. The second-order valence-corrected chi connectivity index (χ2v) is 2.52. The molecule has 0 atom stereocenters. The lowest BCUT2D eigenvalue weighted by atomic mass is 10.1. The van der Waals surface area contributed by atoms with E-state index in [1.165, 1.54) is 12.1 Å². The van der Waals surface area contributed by atoms with Crippen LogP contribution in [0.2, 0.25) is 0 Å². The number of rotatable bonds is 1. The first-order valence-corrected chi connectivity index (χ1v) is 3.57. The van der Waals surface area contributed by atoms with Crippen molar-refractivity contribution < 1.29 is 5.11 Å². The van der Waals surface area contributed by atoms with Crippen molar-refractivity contribution in [2.24, 2.45) is 0 Å². The summed E-state index contributed by atoms with van der Waals surface area (Å²) in [4.78, 5) is 0. The quantitative estimate of drug-likeness (QED) is 0.487. The number of phenols is 1. The Morgan fingerprint density at radius 2 is 2.08 bits per heavy atom. The molecular formula is C9H7N3O. The molecule has 0 radical (unpaired) electrons. The zero-order chi connectivity index (χ0) is 9.84. The van der Waals surface area contributed by atoms with Gasteiger partial charge in [-0.2, -0.15) is 10.5 Å². The van der Waals surface area contributed by atoms with Crippen LogP contribution in [0.3, 0.4) is 0 Å². The van der Waals surface area contributed by atoms with Gasteiger partial charge in [0.25, 0.3) is 0 Å². The summed E-state index contributed by atoms with van der Waals surface area (Å²) in [5.41, 5.74) is 6.33. The molecule has 0 saturated heterocycles. The fourth-order valence-electron chi connectivity index (χ4n) is 1.02. The normalized spacial score (nSPS) is 8.77. The van der Waals surface area contributed by atoms with Gasteiger partial charge in [0.05, 0.1) is 18.1 Å². The summed E-state index contributed by atoms with van der Waals surface area (Å²) in [5.74, 6) is -0.154. The first kappa shape index (κ1) is 8.89. The van der Waals surface area contributed by atoms with Gasteiger partial charge in [0.2, 0.25) is 0 Å². The molecule has 0 aliphatic rings. The molecule has 0 aliphatic carbocycles. The fraction of sp³-hybridized carbons (Fsp3) is 0.111. The molecule has 0 amide bonds. The highest BCUT2D eigenvalue weighted by atomic mass is 16.3. The van der Waals surface area contributed by atoms with Crippen molar-refractivity contribution in [1.82, 2.24) is 0 Å². The van der Waals surface area contributed by atoms with Crippen LogP contribution in [0.4, 0.5) is 5.69 Å². The first-order chi connectivity index (χ1) is 6.19. The number of hydrogen-bond donors (Lipinski definition) is 2. The van der Waals surface area contributed by atoms with E-state index in [1.54, 1.807) is 6.07 Å². The molecule has 0 bridgehead atoms. The Labute approximate surface area is 75.4 Å². The number of nitrogens with zero attached hydrogens (tertiary/aromatic N) is 2. The van der Waals surface area contributed by atoms with E-state index in [0.717, 1.165) is 0 Å². The minimum absolute atomic E-state index is 0.0472.